The number of nitrogens with one attached hydrogen (secondary N) is 1. The summed E-state index contributed by atoms with van der Waals surface area (Å²) in [5.74, 6) is 0. The zero-order chi connectivity index (χ0) is 13.0. The van der Waals surface area contributed by atoms with E-state index in [4.69, 9.17) is 0 Å². The number of halogens is 3. The van der Waals surface area contributed by atoms with Gasteiger partial charge in [0.15, 0.2) is 0 Å². The number of rotatable bonds is 5. The lowest BCUT2D eigenvalue weighted by molar-refractivity contribution is -0.135. The summed E-state index contributed by atoms with van der Waals surface area (Å²) in [4.78, 5) is 0. The lowest BCUT2D eigenvalue weighted by atomic mass is 10.2. The number of hydrogen-bond acceptors (Lipinski definition) is 2. The molecule has 2 rings (SSSR count). The quantitative estimate of drug-likeness (QED) is 0.799. The molecule has 98 valence electrons. The molecule has 5 heteroatoms. The van der Waals surface area contributed by atoms with Gasteiger partial charge in [-0.1, -0.05) is 18.2 Å². The Morgan fingerprint density at radius 3 is 2.72 bits per heavy atom. The maximum absolute atomic E-state index is 11.9. The molecule has 1 aromatic carbocycles. The fourth-order valence-corrected chi connectivity index (χ4v) is 2.77. The molecule has 0 radical (unpaired) electrons. The Morgan fingerprint density at radius 1 is 1.17 bits per heavy atom. The Bertz CT molecular complexity index is 504. The highest BCUT2D eigenvalue weighted by Crippen LogP contribution is 2.25. The molecule has 0 bridgehead atoms. The molecule has 0 fully saturated rings. The third-order valence-corrected chi connectivity index (χ3v) is 3.70. The molecule has 0 unspecified atom stereocenters. The van der Waals surface area contributed by atoms with Crippen molar-refractivity contribution < 1.29 is 13.2 Å². The highest BCUT2D eigenvalue weighted by atomic mass is 32.1. The van der Waals surface area contributed by atoms with Crippen LogP contribution in [0.1, 0.15) is 18.4 Å². The molecule has 1 aromatic heterocycles. The molecule has 1 N–H and O–H groups in total. The molecule has 0 aliphatic rings. The fraction of sp³-hybridized carbons (Fsp3) is 0.385. The van der Waals surface area contributed by atoms with Gasteiger partial charge in [0.25, 0.3) is 0 Å². The summed E-state index contributed by atoms with van der Waals surface area (Å²) in [6, 6.07) is 8.05. The van der Waals surface area contributed by atoms with Crippen LogP contribution in [-0.2, 0) is 6.54 Å². The first-order valence-electron chi connectivity index (χ1n) is 5.79. The highest BCUT2D eigenvalue weighted by Gasteiger charge is 2.25. The van der Waals surface area contributed by atoms with E-state index in [0.717, 1.165) is 5.56 Å². The van der Waals surface area contributed by atoms with Gasteiger partial charge in [-0.2, -0.15) is 13.2 Å². The monoisotopic (exact) mass is 273 g/mol. The molecule has 0 amide bonds. The van der Waals surface area contributed by atoms with Gasteiger partial charge in [0, 0.05) is 17.7 Å². The SMILES string of the molecule is FC(F)(F)CCCNCc1csc2ccccc12. The average molecular weight is 273 g/mol. The van der Waals surface area contributed by atoms with Crippen LogP contribution in [0.3, 0.4) is 0 Å². The van der Waals surface area contributed by atoms with Gasteiger partial charge in [-0.3, -0.25) is 0 Å². The van der Waals surface area contributed by atoms with Crippen LogP contribution in [0.25, 0.3) is 10.1 Å². The topological polar surface area (TPSA) is 12.0 Å². The number of alkyl halides is 3. The molecule has 18 heavy (non-hydrogen) atoms. The van der Waals surface area contributed by atoms with Gasteiger partial charge in [-0.05, 0) is 35.4 Å². The van der Waals surface area contributed by atoms with Crippen LogP contribution in [0.4, 0.5) is 13.2 Å². The molecule has 1 heterocycles. The van der Waals surface area contributed by atoms with Crippen molar-refractivity contribution in [1.82, 2.24) is 5.32 Å². The van der Waals surface area contributed by atoms with Gasteiger partial charge in [0.1, 0.15) is 0 Å². The molecule has 1 nitrogen and oxygen atoms in total. The van der Waals surface area contributed by atoms with Crippen molar-refractivity contribution in [1.29, 1.82) is 0 Å². The van der Waals surface area contributed by atoms with Crippen LogP contribution < -0.4 is 5.32 Å². The summed E-state index contributed by atoms with van der Waals surface area (Å²) in [6.07, 6.45) is -4.63. The second kappa shape index (κ2) is 5.71. The van der Waals surface area contributed by atoms with Crippen molar-refractivity contribution >= 4 is 21.4 Å². The smallest absolute Gasteiger partial charge is 0.313 e. The van der Waals surface area contributed by atoms with E-state index in [-0.39, 0.29) is 6.42 Å². The summed E-state index contributed by atoms with van der Waals surface area (Å²) < 4.78 is 37.0. The van der Waals surface area contributed by atoms with Gasteiger partial charge in [0.05, 0.1) is 0 Å². The minimum Gasteiger partial charge on any atom is -0.313 e. The zero-order valence-electron chi connectivity index (χ0n) is 9.76. The Hall–Kier alpha value is -1.07. The minimum atomic E-state index is -4.04. The molecule has 0 saturated heterocycles. The molecule has 0 atom stereocenters. The van der Waals surface area contributed by atoms with Crippen LogP contribution >= 0.6 is 11.3 Å². The lowest BCUT2D eigenvalue weighted by Crippen LogP contribution is -2.17. The normalized spacial score (nSPS) is 12.2. The summed E-state index contributed by atoms with van der Waals surface area (Å²) in [7, 11) is 0. The Labute approximate surface area is 108 Å². The van der Waals surface area contributed by atoms with E-state index in [1.165, 1.54) is 10.1 Å². The van der Waals surface area contributed by atoms with Crippen molar-refractivity contribution in [3.05, 3.63) is 35.2 Å². The number of thiophene rings is 1. The molecular formula is C13H14F3NS. The van der Waals surface area contributed by atoms with E-state index < -0.39 is 12.6 Å². The van der Waals surface area contributed by atoms with Crippen LogP contribution in [0.15, 0.2) is 29.6 Å². The van der Waals surface area contributed by atoms with E-state index in [1.54, 1.807) is 11.3 Å². The Morgan fingerprint density at radius 2 is 1.94 bits per heavy atom. The number of fused-ring (bicyclic) bond motifs is 1. The second-order valence-corrected chi connectivity index (χ2v) is 5.06. The summed E-state index contributed by atoms with van der Waals surface area (Å²) in [5.41, 5.74) is 1.16. The first-order valence-corrected chi connectivity index (χ1v) is 6.67. The predicted molar refractivity (Wildman–Crippen MR) is 68.8 cm³/mol. The van der Waals surface area contributed by atoms with E-state index in [9.17, 15) is 13.2 Å². The van der Waals surface area contributed by atoms with E-state index in [0.29, 0.717) is 13.1 Å². The fourth-order valence-electron chi connectivity index (χ4n) is 1.81. The van der Waals surface area contributed by atoms with Gasteiger partial charge in [-0.25, -0.2) is 0 Å². The number of benzene rings is 1. The van der Waals surface area contributed by atoms with Crippen LogP contribution in [-0.4, -0.2) is 12.7 Å². The lowest BCUT2D eigenvalue weighted by Gasteiger charge is -2.06. The zero-order valence-corrected chi connectivity index (χ0v) is 10.6. The Kier molecular flexibility index (Phi) is 4.24. The molecular weight excluding hydrogens is 259 g/mol. The molecule has 0 aliphatic carbocycles. The standard InChI is InChI=1S/C13H14F3NS/c14-13(15,16)6-3-7-17-8-10-9-18-12-5-2-1-4-11(10)12/h1-2,4-5,9,17H,3,6-8H2. The first kappa shape index (κ1) is 13.4. The van der Waals surface area contributed by atoms with Crippen molar-refractivity contribution in [2.24, 2.45) is 0 Å². The van der Waals surface area contributed by atoms with Crippen LogP contribution in [0.5, 0.6) is 0 Å². The summed E-state index contributed by atoms with van der Waals surface area (Å²) in [6.45, 7) is 1.02. The molecule has 2 aromatic rings. The van der Waals surface area contributed by atoms with Crippen LogP contribution in [0.2, 0.25) is 0 Å². The minimum absolute atomic E-state index is 0.131. The second-order valence-electron chi connectivity index (χ2n) is 4.15. The Balaban J connectivity index is 1.80. The molecule has 0 aliphatic heterocycles. The van der Waals surface area contributed by atoms with Crippen molar-refractivity contribution in [2.75, 3.05) is 6.54 Å². The van der Waals surface area contributed by atoms with Gasteiger partial charge < -0.3 is 5.32 Å². The molecule has 0 spiro atoms. The molecule has 0 saturated carbocycles. The van der Waals surface area contributed by atoms with Crippen LogP contribution in [0, 0.1) is 0 Å². The third-order valence-electron chi connectivity index (χ3n) is 2.69. The largest absolute Gasteiger partial charge is 0.389 e. The van der Waals surface area contributed by atoms with Gasteiger partial charge in [-0.15, -0.1) is 11.3 Å². The maximum Gasteiger partial charge on any atom is 0.389 e. The van der Waals surface area contributed by atoms with Crippen molar-refractivity contribution in [3.63, 3.8) is 0 Å². The predicted octanol–water partition coefficient (Wildman–Crippen LogP) is 4.33. The van der Waals surface area contributed by atoms with Gasteiger partial charge >= 0.3 is 6.18 Å². The highest BCUT2D eigenvalue weighted by molar-refractivity contribution is 7.17. The van der Waals surface area contributed by atoms with E-state index in [2.05, 4.69) is 10.7 Å². The van der Waals surface area contributed by atoms with E-state index >= 15 is 0 Å². The average Bonchev–Trinajstić information content (AvgIpc) is 2.71. The first-order chi connectivity index (χ1) is 8.56. The van der Waals surface area contributed by atoms with Crippen molar-refractivity contribution in [2.45, 2.75) is 25.6 Å². The summed E-state index contributed by atoms with van der Waals surface area (Å²) >= 11 is 1.66. The summed E-state index contributed by atoms with van der Waals surface area (Å²) in [5, 5.41) is 6.30. The maximum atomic E-state index is 11.9. The van der Waals surface area contributed by atoms with Gasteiger partial charge in [0.2, 0.25) is 0 Å². The third kappa shape index (κ3) is 3.71. The van der Waals surface area contributed by atoms with Crippen molar-refractivity contribution in [3.8, 4) is 0 Å². The number of hydrogen-bond donors (Lipinski definition) is 1. The van der Waals surface area contributed by atoms with E-state index in [1.807, 2.05) is 24.3 Å².